The number of methoxy groups -OCH3 is 1. The van der Waals surface area contributed by atoms with Gasteiger partial charge in [0.25, 0.3) is 11.8 Å². The number of fused-ring (bicyclic) bond motifs is 1. The van der Waals surface area contributed by atoms with Crippen LogP contribution < -0.4 is 25.3 Å². The number of β-lactam (4-membered cyclic amide) rings is 1. The molecule has 3 atom stereocenters. The van der Waals surface area contributed by atoms with Gasteiger partial charge in [0.2, 0.25) is 6.10 Å². The van der Waals surface area contributed by atoms with Gasteiger partial charge >= 0.3 is 23.9 Å². The number of thiazole rings is 1. The molecule has 1 aromatic heterocycles. The number of carbonyl (C=O) groups is 6. The van der Waals surface area contributed by atoms with Gasteiger partial charge in [0, 0.05) is 35.0 Å². The van der Waals surface area contributed by atoms with Crippen LogP contribution in [-0.2, 0) is 49.7 Å². The van der Waals surface area contributed by atoms with Crippen molar-refractivity contribution in [1.29, 1.82) is 0 Å². The minimum absolute atomic E-state index is 0.0148. The van der Waals surface area contributed by atoms with E-state index in [0.717, 1.165) is 25.2 Å². The fourth-order valence-electron chi connectivity index (χ4n) is 6.79. The van der Waals surface area contributed by atoms with E-state index < -0.39 is 65.0 Å². The van der Waals surface area contributed by atoms with Crippen molar-refractivity contribution in [2.45, 2.75) is 44.1 Å². The maximum Gasteiger partial charge on any atom is 0.355 e. The lowest BCUT2D eigenvalue weighted by Crippen LogP contribution is -2.71. The number of thioether (sulfide) groups is 1. The Bertz CT molecular complexity index is 2660. The van der Waals surface area contributed by atoms with E-state index in [1.165, 1.54) is 40.2 Å². The van der Waals surface area contributed by atoms with Gasteiger partial charge in [-0.3, -0.25) is 24.1 Å². The van der Waals surface area contributed by atoms with Crippen LogP contribution in [0.25, 0.3) is 0 Å². The number of benzene rings is 4. The molecule has 340 valence electrons. The predicted molar refractivity (Wildman–Crippen MR) is 250 cm³/mol. The van der Waals surface area contributed by atoms with Gasteiger partial charge in [-0.15, -0.1) is 23.1 Å². The number of carbonyl (C=O) groups excluding carboxylic acids is 6. The van der Waals surface area contributed by atoms with E-state index >= 15 is 0 Å². The summed E-state index contributed by atoms with van der Waals surface area (Å²) in [7, 11) is 1.55. The molecule has 17 nitrogen and oxygen atoms in total. The fraction of sp³-hybridized carbons (Fsp3) is 0.217. The summed E-state index contributed by atoms with van der Waals surface area (Å²) in [6.07, 6.45) is -2.71. The third-order valence-electron chi connectivity index (χ3n) is 9.88. The molecular weight excluding hydrogens is 1010 g/mol. The zero-order chi connectivity index (χ0) is 46.9. The summed E-state index contributed by atoms with van der Waals surface area (Å²) >= 11 is 4.47. The van der Waals surface area contributed by atoms with Crippen molar-refractivity contribution in [3.63, 3.8) is 0 Å². The third kappa shape index (κ3) is 11.0. The molecule has 0 aliphatic carbocycles. The Balaban J connectivity index is 1.18. The van der Waals surface area contributed by atoms with Crippen molar-refractivity contribution in [3.05, 3.63) is 148 Å². The highest BCUT2D eigenvalue weighted by atomic mass is 127. The number of hydrogen-bond donors (Lipinski definition) is 2. The van der Waals surface area contributed by atoms with E-state index in [-0.39, 0.29) is 40.2 Å². The number of nitrogen functional groups attached to an aromatic ring is 1. The molecule has 3 heterocycles. The molecular formula is C46H40IN5O12S2. The maximum atomic E-state index is 14.5. The first-order valence-electron chi connectivity index (χ1n) is 19.9. The van der Waals surface area contributed by atoms with Crippen molar-refractivity contribution < 1.29 is 57.3 Å². The summed E-state index contributed by atoms with van der Waals surface area (Å²) in [5.74, 6) is -3.97. The van der Waals surface area contributed by atoms with Gasteiger partial charge in [-0.05, 0) is 46.5 Å². The smallest absolute Gasteiger partial charge is 0.355 e. The van der Waals surface area contributed by atoms with Crippen LogP contribution in [0.3, 0.4) is 0 Å². The van der Waals surface area contributed by atoms with Crippen LogP contribution in [0, 0.1) is 0 Å². The molecule has 0 radical (unpaired) electrons. The lowest BCUT2D eigenvalue weighted by atomic mass is 10.0. The SMILES string of the molecule is COc1ccc(COC(=O)C2=C(CI)CS[C@@H]3[C@H](NC(=O)/C(=N/O[C@H](C(=O)OC(c4ccccc4)c4ccccc4)c4ccc(OC(C)=O)c(OC(C)=O)c4)c4csc(N)n4)C(=O)N23)cc1. The highest BCUT2D eigenvalue weighted by Crippen LogP contribution is 2.41. The Labute approximate surface area is 399 Å². The molecule has 0 spiro atoms. The second-order valence-corrected chi connectivity index (χ2v) is 17.2. The molecule has 1 saturated heterocycles. The lowest BCUT2D eigenvalue weighted by Gasteiger charge is -2.49. The van der Waals surface area contributed by atoms with Crippen molar-refractivity contribution in [1.82, 2.24) is 15.2 Å². The number of ether oxygens (including phenoxy) is 5. The molecule has 3 N–H and O–H groups in total. The molecule has 4 aromatic carbocycles. The number of esters is 4. The van der Waals surface area contributed by atoms with Crippen LogP contribution in [0.2, 0.25) is 0 Å². The van der Waals surface area contributed by atoms with Gasteiger partial charge in [-0.1, -0.05) is 107 Å². The standard InChI is InChI=1S/C46H40IN5O12S2/c1-25(53)61-34-19-16-30(20-35(34)62-26(2)54)40(45(58)63-39(28-10-6-4-7-11-28)29-12-8-5-9-13-29)64-51-36(33-24-66-46(48)49-33)41(55)50-37-42(56)52-38(31(21-47)23-65-43(37)52)44(57)60-22-27-14-17-32(59-3)18-15-27/h4-20,24,37,39-40,43H,21-23H2,1-3H3,(H2,48,49)(H,50,55)/b51-36+/t37-,40+,43-/m1/s1. The Morgan fingerprint density at radius 2 is 1.55 bits per heavy atom. The number of nitrogens with zero attached hydrogens (tertiary/aromatic N) is 3. The Hall–Kier alpha value is -6.78. The second kappa shape index (κ2) is 21.5. The minimum atomic E-state index is -1.77. The van der Waals surface area contributed by atoms with Gasteiger partial charge in [-0.25, -0.2) is 14.6 Å². The number of hydrogen-bond acceptors (Lipinski definition) is 17. The number of amides is 2. The number of rotatable bonds is 17. The second-order valence-electron chi connectivity index (χ2n) is 14.4. The van der Waals surface area contributed by atoms with E-state index in [4.69, 9.17) is 34.3 Å². The first-order chi connectivity index (χ1) is 31.8. The molecule has 2 aliphatic rings. The number of anilines is 1. The average molecular weight is 1050 g/mol. The fourth-order valence-corrected chi connectivity index (χ4v) is 9.68. The molecule has 2 amide bonds. The van der Waals surface area contributed by atoms with Gasteiger partial charge in [0.05, 0.1) is 7.11 Å². The number of alkyl halides is 1. The highest BCUT2D eigenvalue weighted by molar-refractivity contribution is 14.1. The molecule has 1 fully saturated rings. The minimum Gasteiger partial charge on any atom is -0.497 e. The first-order valence-corrected chi connectivity index (χ1v) is 23.4. The van der Waals surface area contributed by atoms with E-state index in [2.05, 4.69) is 38.0 Å². The van der Waals surface area contributed by atoms with Gasteiger partial charge in [0.15, 0.2) is 28.4 Å². The van der Waals surface area contributed by atoms with Gasteiger partial charge < -0.3 is 39.6 Å². The molecule has 20 heteroatoms. The summed E-state index contributed by atoms with van der Waals surface area (Å²) < 4.78 is 28.0. The van der Waals surface area contributed by atoms with Gasteiger partial charge in [0.1, 0.15) is 35.2 Å². The Morgan fingerprint density at radius 1 is 0.894 bits per heavy atom. The number of aromatic nitrogens is 1. The Morgan fingerprint density at radius 3 is 2.14 bits per heavy atom. The third-order valence-corrected chi connectivity index (χ3v) is 12.8. The maximum absolute atomic E-state index is 14.5. The predicted octanol–water partition coefficient (Wildman–Crippen LogP) is 6.21. The summed E-state index contributed by atoms with van der Waals surface area (Å²) in [5, 5.41) is 7.70. The Kier molecular flexibility index (Phi) is 15.4. The number of nitrogens with two attached hydrogens (primary N) is 1. The zero-order valence-electron chi connectivity index (χ0n) is 35.3. The summed E-state index contributed by atoms with van der Waals surface area (Å²) in [6, 6.07) is 27.7. The van der Waals surface area contributed by atoms with Crippen molar-refractivity contribution in [2.75, 3.05) is 23.0 Å². The van der Waals surface area contributed by atoms with Crippen LogP contribution in [0.5, 0.6) is 17.2 Å². The average Bonchev–Trinajstić information content (AvgIpc) is 3.76. The normalized spacial score (nSPS) is 16.0. The van der Waals surface area contributed by atoms with Crippen molar-refractivity contribution in [2.24, 2.45) is 5.16 Å². The quantitative estimate of drug-likeness (QED) is 0.0201. The molecule has 0 bridgehead atoms. The molecule has 0 unspecified atom stereocenters. The monoisotopic (exact) mass is 1050 g/mol. The van der Waals surface area contributed by atoms with E-state index in [9.17, 15) is 28.8 Å². The topological polar surface area (TPSA) is 224 Å². The van der Waals surface area contributed by atoms with Crippen LogP contribution in [-0.4, -0.2) is 80.0 Å². The van der Waals surface area contributed by atoms with E-state index in [0.29, 0.717) is 38.2 Å². The largest absolute Gasteiger partial charge is 0.497 e. The molecule has 7 rings (SSSR count). The van der Waals surface area contributed by atoms with Crippen molar-refractivity contribution >= 4 is 92.2 Å². The van der Waals surface area contributed by atoms with Crippen molar-refractivity contribution in [3.8, 4) is 17.2 Å². The first kappa shape index (κ1) is 47.2. The summed E-state index contributed by atoms with van der Waals surface area (Å²) in [6.45, 7) is 2.25. The van der Waals surface area contributed by atoms with Gasteiger partial charge in [-0.2, -0.15) is 0 Å². The molecule has 0 saturated carbocycles. The van der Waals surface area contributed by atoms with Crippen LogP contribution in [0.1, 0.15) is 54.0 Å². The summed E-state index contributed by atoms with van der Waals surface area (Å²) in [5.41, 5.74) is 8.25. The van der Waals surface area contributed by atoms with E-state index in [1.807, 2.05) is 12.1 Å². The summed E-state index contributed by atoms with van der Waals surface area (Å²) in [4.78, 5) is 91.9. The molecule has 2 aliphatic heterocycles. The van der Waals surface area contributed by atoms with Crippen LogP contribution in [0.4, 0.5) is 5.13 Å². The molecule has 66 heavy (non-hydrogen) atoms. The molecule has 5 aromatic rings. The number of nitrogens with one attached hydrogen (secondary N) is 1. The van der Waals surface area contributed by atoms with Crippen LogP contribution in [0.15, 0.2) is 125 Å². The number of halogens is 1. The zero-order valence-corrected chi connectivity index (χ0v) is 39.1. The lowest BCUT2D eigenvalue weighted by molar-refractivity contribution is -0.162. The van der Waals surface area contributed by atoms with E-state index in [1.54, 1.807) is 79.9 Å². The number of oxime groups is 1. The highest BCUT2D eigenvalue weighted by Gasteiger charge is 2.54. The van der Waals surface area contributed by atoms with Crippen LogP contribution >= 0.6 is 45.7 Å².